The Labute approximate surface area is 138 Å². The van der Waals surface area contributed by atoms with E-state index in [1.165, 1.54) is 0 Å². The highest BCUT2D eigenvalue weighted by atomic mass is 16.1. The summed E-state index contributed by atoms with van der Waals surface area (Å²) in [6, 6.07) is 6.12. The van der Waals surface area contributed by atoms with Crippen molar-refractivity contribution in [1.82, 2.24) is 20.1 Å². The molecule has 2 aromatic rings. The van der Waals surface area contributed by atoms with E-state index in [1.54, 1.807) is 6.20 Å². The minimum Gasteiger partial charge on any atom is -0.353 e. The lowest BCUT2D eigenvalue weighted by Gasteiger charge is -2.14. The van der Waals surface area contributed by atoms with E-state index in [9.17, 15) is 4.79 Å². The maximum absolute atomic E-state index is 12.0. The van der Waals surface area contributed by atoms with Crippen molar-refractivity contribution >= 4 is 5.91 Å². The third-order valence-electron chi connectivity index (χ3n) is 3.90. The van der Waals surface area contributed by atoms with Gasteiger partial charge in [-0.25, -0.2) is 0 Å². The van der Waals surface area contributed by atoms with E-state index in [0.29, 0.717) is 6.42 Å². The molecule has 0 saturated carbocycles. The molecule has 23 heavy (non-hydrogen) atoms. The van der Waals surface area contributed by atoms with E-state index in [2.05, 4.69) is 21.5 Å². The van der Waals surface area contributed by atoms with Crippen molar-refractivity contribution in [3.63, 3.8) is 0 Å². The normalized spacial score (nSPS) is 12.2. The molecule has 0 radical (unpaired) electrons. The van der Waals surface area contributed by atoms with Gasteiger partial charge in [-0.3, -0.25) is 14.5 Å². The van der Waals surface area contributed by atoms with Crippen LogP contribution in [-0.4, -0.2) is 26.7 Å². The van der Waals surface area contributed by atoms with Crippen LogP contribution < -0.4 is 5.32 Å². The molecule has 2 aromatic heterocycles. The lowest BCUT2D eigenvalue weighted by molar-refractivity contribution is -0.121. The first-order valence-electron chi connectivity index (χ1n) is 8.16. The smallest absolute Gasteiger partial charge is 0.220 e. The number of pyridine rings is 1. The molecule has 1 N–H and O–H groups in total. The summed E-state index contributed by atoms with van der Waals surface area (Å²) >= 11 is 0. The molecule has 0 bridgehead atoms. The lowest BCUT2D eigenvalue weighted by Crippen LogP contribution is -2.34. The molecule has 5 heteroatoms. The van der Waals surface area contributed by atoms with E-state index < -0.39 is 0 Å². The first-order chi connectivity index (χ1) is 11.0. The number of nitrogens with one attached hydrogen (secondary N) is 1. The summed E-state index contributed by atoms with van der Waals surface area (Å²) in [5.74, 6) is 0.0904. The van der Waals surface area contributed by atoms with Crippen LogP contribution in [0.4, 0.5) is 0 Å². The molecule has 1 amide bonds. The Kier molecular flexibility index (Phi) is 5.90. The third-order valence-corrected chi connectivity index (χ3v) is 3.90. The van der Waals surface area contributed by atoms with Crippen molar-refractivity contribution in [2.45, 2.75) is 59.5 Å². The number of hydrogen-bond donors (Lipinski definition) is 1. The molecular formula is C18H26N4O. The zero-order chi connectivity index (χ0) is 16.8. The van der Waals surface area contributed by atoms with Crippen LogP contribution in [0, 0.1) is 20.8 Å². The molecule has 0 saturated heterocycles. The van der Waals surface area contributed by atoms with Crippen LogP contribution in [-0.2, 0) is 17.8 Å². The lowest BCUT2D eigenvalue weighted by atomic mass is 10.1. The first-order valence-corrected chi connectivity index (χ1v) is 8.16. The van der Waals surface area contributed by atoms with E-state index in [1.807, 2.05) is 44.5 Å². The average molecular weight is 314 g/mol. The summed E-state index contributed by atoms with van der Waals surface area (Å²) in [5, 5.41) is 7.46. The number of carbonyl (C=O) groups is 1. The van der Waals surface area contributed by atoms with Crippen molar-refractivity contribution in [3.05, 3.63) is 47.0 Å². The second-order valence-electron chi connectivity index (χ2n) is 6.19. The van der Waals surface area contributed by atoms with Crippen LogP contribution in [0.15, 0.2) is 24.4 Å². The number of nitrogens with zero attached hydrogens (tertiary/aromatic N) is 3. The van der Waals surface area contributed by atoms with Gasteiger partial charge in [0, 0.05) is 43.0 Å². The SMILES string of the molecule is Cc1cc(C)n(CCCC(=O)N[C@H](C)Cc2ncccc2C)n1. The fourth-order valence-corrected chi connectivity index (χ4v) is 2.71. The molecule has 2 rings (SSSR count). The number of aromatic nitrogens is 3. The Bertz CT molecular complexity index is 663. The Balaban J connectivity index is 1.74. The van der Waals surface area contributed by atoms with Crippen molar-refractivity contribution in [2.24, 2.45) is 0 Å². The summed E-state index contributed by atoms with van der Waals surface area (Å²) in [6.07, 6.45) is 3.87. The van der Waals surface area contributed by atoms with Crippen LogP contribution in [0.1, 0.15) is 42.4 Å². The predicted molar refractivity (Wildman–Crippen MR) is 91.2 cm³/mol. The Morgan fingerprint density at radius 1 is 1.35 bits per heavy atom. The third kappa shape index (κ3) is 5.20. The van der Waals surface area contributed by atoms with Crippen LogP contribution in [0.5, 0.6) is 0 Å². The zero-order valence-corrected chi connectivity index (χ0v) is 14.5. The molecule has 5 nitrogen and oxygen atoms in total. The van der Waals surface area contributed by atoms with E-state index in [4.69, 9.17) is 0 Å². The van der Waals surface area contributed by atoms with Crippen LogP contribution >= 0.6 is 0 Å². The molecule has 2 heterocycles. The molecule has 0 aromatic carbocycles. The number of aryl methyl sites for hydroxylation is 4. The van der Waals surface area contributed by atoms with Gasteiger partial charge in [-0.05, 0) is 51.8 Å². The Morgan fingerprint density at radius 3 is 2.78 bits per heavy atom. The van der Waals surface area contributed by atoms with E-state index in [-0.39, 0.29) is 11.9 Å². The average Bonchev–Trinajstić information content (AvgIpc) is 2.79. The molecule has 0 aliphatic heterocycles. The minimum atomic E-state index is 0.0878. The summed E-state index contributed by atoms with van der Waals surface area (Å²) in [6.45, 7) is 8.87. The number of carbonyl (C=O) groups excluding carboxylic acids is 1. The topological polar surface area (TPSA) is 59.8 Å². The van der Waals surface area contributed by atoms with Crippen molar-refractivity contribution in [2.75, 3.05) is 0 Å². The molecule has 0 aliphatic rings. The quantitative estimate of drug-likeness (QED) is 0.855. The molecular weight excluding hydrogens is 288 g/mol. The molecule has 0 spiro atoms. The molecule has 124 valence electrons. The first kappa shape index (κ1) is 17.2. The van der Waals surface area contributed by atoms with Crippen molar-refractivity contribution < 1.29 is 4.79 Å². The fraction of sp³-hybridized carbons (Fsp3) is 0.500. The largest absolute Gasteiger partial charge is 0.353 e. The monoisotopic (exact) mass is 314 g/mol. The van der Waals surface area contributed by atoms with Crippen molar-refractivity contribution in [3.8, 4) is 0 Å². The highest BCUT2D eigenvalue weighted by molar-refractivity contribution is 5.76. The second-order valence-corrected chi connectivity index (χ2v) is 6.19. The summed E-state index contributed by atoms with van der Waals surface area (Å²) in [5.41, 5.74) is 4.37. The standard InChI is InChI=1S/C18H26N4O/c1-13-7-5-9-19-17(13)12-14(2)20-18(23)8-6-10-22-16(4)11-15(3)21-22/h5,7,9,11,14H,6,8,10,12H2,1-4H3,(H,20,23)/t14-/m1/s1. The summed E-state index contributed by atoms with van der Waals surface area (Å²) in [7, 11) is 0. The van der Waals surface area contributed by atoms with Crippen LogP contribution in [0.25, 0.3) is 0 Å². The fourth-order valence-electron chi connectivity index (χ4n) is 2.71. The maximum Gasteiger partial charge on any atom is 0.220 e. The van der Waals surface area contributed by atoms with E-state index >= 15 is 0 Å². The second kappa shape index (κ2) is 7.90. The van der Waals surface area contributed by atoms with Crippen molar-refractivity contribution in [1.29, 1.82) is 0 Å². The molecule has 0 aliphatic carbocycles. The van der Waals surface area contributed by atoms with Gasteiger partial charge in [0.15, 0.2) is 0 Å². The van der Waals surface area contributed by atoms with Gasteiger partial charge < -0.3 is 5.32 Å². The molecule has 1 atom stereocenters. The minimum absolute atomic E-state index is 0.0878. The van der Waals surface area contributed by atoms with Gasteiger partial charge in [-0.15, -0.1) is 0 Å². The van der Waals surface area contributed by atoms with Gasteiger partial charge in [0.2, 0.25) is 5.91 Å². The maximum atomic E-state index is 12.0. The number of hydrogen-bond acceptors (Lipinski definition) is 3. The van der Waals surface area contributed by atoms with Gasteiger partial charge in [-0.1, -0.05) is 6.07 Å². The zero-order valence-electron chi connectivity index (χ0n) is 14.5. The van der Waals surface area contributed by atoms with Crippen LogP contribution in [0.3, 0.4) is 0 Å². The van der Waals surface area contributed by atoms with Gasteiger partial charge >= 0.3 is 0 Å². The number of rotatable bonds is 7. The molecule has 0 unspecified atom stereocenters. The predicted octanol–water partition coefficient (Wildman–Crippen LogP) is 2.73. The summed E-state index contributed by atoms with van der Waals surface area (Å²) < 4.78 is 1.96. The van der Waals surface area contributed by atoms with Gasteiger partial charge in [0.05, 0.1) is 5.69 Å². The Hall–Kier alpha value is -2.17. The molecule has 0 fully saturated rings. The van der Waals surface area contributed by atoms with Gasteiger partial charge in [0.25, 0.3) is 0 Å². The highest BCUT2D eigenvalue weighted by Gasteiger charge is 2.10. The number of amides is 1. The van der Waals surface area contributed by atoms with Gasteiger partial charge in [-0.2, -0.15) is 5.10 Å². The van der Waals surface area contributed by atoms with Gasteiger partial charge in [0.1, 0.15) is 0 Å². The van der Waals surface area contributed by atoms with E-state index in [0.717, 1.165) is 42.0 Å². The Morgan fingerprint density at radius 2 is 2.13 bits per heavy atom. The van der Waals surface area contributed by atoms with Crippen LogP contribution in [0.2, 0.25) is 0 Å². The summed E-state index contributed by atoms with van der Waals surface area (Å²) in [4.78, 5) is 16.4. The highest BCUT2D eigenvalue weighted by Crippen LogP contribution is 2.07.